The number of aromatic nitrogens is 2. The molecule has 0 spiro atoms. The molecule has 1 aliphatic carbocycles. The van der Waals surface area contributed by atoms with E-state index in [1.165, 1.54) is 6.07 Å². The van der Waals surface area contributed by atoms with Crippen molar-refractivity contribution in [2.24, 2.45) is 0 Å². The van der Waals surface area contributed by atoms with Crippen molar-refractivity contribution >= 4 is 29.4 Å². The molecule has 0 radical (unpaired) electrons. The number of aromatic amines is 1. The number of hydrogen-bond donors (Lipinski definition) is 2. The summed E-state index contributed by atoms with van der Waals surface area (Å²) in [5, 5.41) is 3.14. The van der Waals surface area contributed by atoms with Gasteiger partial charge < -0.3 is 15.0 Å². The first kappa shape index (κ1) is 19.6. The van der Waals surface area contributed by atoms with Gasteiger partial charge in [-0.25, -0.2) is 4.98 Å². The van der Waals surface area contributed by atoms with E-state index in [-0.39, 0.29) is 5.56 Å². The third-order valence-electron chi connectivity index (χ3n) is 3.53. The van der Waals surface area contributed by atoms with Crippen molar-refractivity contribution in [1.29, 1.82) is 0 Å². The lowest BCUT2D eigenvalue weighted by Gasteiger charge is -2.12. The maximum Gasteiger partial charge on any atom is 0.249 e. The van der Waals surface area contributed by atoms with Crippen LogP contribution in [0.2, 0.25) is 0 Å². The Morgan fingerprint density at radius 2 is 1.92 bits per heavy atom. The van der Waals surface area contributed by atoms with Gasteiger partial charge in [-0.15, -0.1) is 0 Å². The van der Waals surface area contributed by atoms with Crippen LogP contribution < -0.4 is 10.9 Å². The van der Waals surface area contributed by atoms with Crippen LogP contribution >= 0.6 is 11.6 Å². The third kappa shape index (κ3) is 5.15. The Bertz CT molecular complexity index is 888. The van der Waals surface area contributed by atoms with Crippen LogP contribution in [-0.2, 0) is 9.53 Å². The van der Waals surface area contributed by atoms with E-state index in [1.54, 1.807) is 32.5 Å². The average Bonchev–Trinajstić information content (AvgIpc) is 2.63. The lowest BCUT2D eigenvalue weighted by molar-refractivity contribution is -0.105. The molecule has 0 bridgehead atoms. The van der Waals surface area contributed by atoms with Gasteiger partial charge >= 0.3 is 0 Å². The summed E-state index contributed by atoms with van der Waals surface area (Å²) < 4.78 is 4.25. The van der Waals surface area contributed by atoms with Crippen LogP contribution in [-0.4, -0.2) is 30.6 Å². The molecule has 0 saturated heterocycles. The molecule has 2 heterocycles. The Morgan fingerprint density at radius 3 is 2.62 bits per heavy atom. The van der Waals surface area contributed by atoms with E-state index in [9.17, 15) is 9.59 Å². The molecule has 0 unspecified atom stereocenters. The SMILES string of the molecule is COC.O=CNc1cc(-c2cc(C3=CCCC=C3Cl)[nH]c(=O)c2)ccn1. The first-order valence-electron chi connectivity index (χ1n) is 7.96. The minimum Gasteiger partial charge on any atom is -0.388 e. The van der Waals surface area contributed by atoms with Crippen molar-refractivity contribution in [3.05, 3.63) is 63.7 Å². The maximum absolute atomic E-state index is 12.0. The van der Waals surface area contributed by atoms with Gasteiger partial charge in [-0.1, -0.05) is 23.8 Å². The number of anilines is 1. The summed E-state index contributed by atoms with van der Waals surface area (Å²) in [6.07, 6.45) is 7.89. The van der Waals surface area contributed by atoms with Crippen LogP contribution in [0, 0.1) is 0 Å². The minimum atomic E-state index is -0.213. The quantitative estimate of drug-likeness (QED) is 0.802. The van der Waals surface area contributed by atoms with Gasteiger partial charge in [0.2, 0.25) is 12.0 Å². The molecule has 136 valence electrons. The van der Waals surface area contributed by atoms with Gasteiger partial charge in [-0.05, 0) is 42.2 Å². The summed E-state index contributed by atoms with van der Waals surface area (Å²) in [5.74, 6) is 0.425. The van der Waals surface area contributed by atoms with Gasteiger partial charge in [0.25, 0.3) is 0 Å². The summed E-state index contributed by atoms with van der Waals surface area (Å²) in [6.45, 7) is 0. The molecule has 1 aliphatic rings. The zero-order valence-electron chi connectivity index (χ0n) is 14.6. The Hall–Kier alpha value is -2.70. The minimum absolute atomic E-state index is 0.213. The molecular weight excluding hydrogens is 354 g/mol. The fourth-order valence-electron chi connectivity index (χ4n) is 2.49. The topological polar surface area (TPSA) is 84.1 Å². The van der Waals surface area contributed by atoms with Crippen molar-refractivity contribution in [2.75, 3.05) is 19.5 Å². The normalized spacial score (nSPS) is 13.0. The second kappa shape index (κ2) is 9.70. The van der Waals surface area contributed by atoms with Crippen molar-refractivity contribution in [3.63, 3.8) is 0 Å². The number of amides is 1. The first-order chi connectivity index (χ1) is 12.6. The summed E-state index contributed by atoms with van der Waals surface area (Å²) in [7, 11) is 3.25. The number of hydrogen-bond acceptors (Lipinski definition) is 4. The second-order valence-corrected chi connectivity index (χ2v) is 5.90. The first-order valence-corrected chi connectivity index (χ1v) is 8.34. The number of nitrogens with one attached hydrogen (secondary N) is 2. The number of methoxy groups -OCH3 is 1. The van der Waals surface area contributed by atoms with Gasteiger partial charge in [0, 0.05) is 37.1 Å². The largest absolute Gasteiger partial charge is 0.388 e. The fraction of sp³-hybridized carbons (Fsp3) is 0.211. The standard InChI is InChI=1S/C17H14ClN3O2.C2H6O/c18-14-4-2-1-3-13(14)15-7-12(9-17(23)21-15)11-5-6-19-16(8-11)20-10-22;1-3-2/h3-10H,1-2H2,(H,21,23)(H,19,20,22);1-2H3. The van der Waals surface area contributed by atoms with E-state index in [1.807, 2.05) is 18.2 Å². The Labute approximate surface area is 156 Å². The lowest BCUT2D eigenvalue weighted by Crippen LogP contribution is -2.08. The predicted octanol–water partition coefficient (Wildman–Crippen LogP) is 3.57. The lowest BCUT2D eigenvalue weighted by atomic mass is 10.0. The van der Waals surface area contributed by atoms with Gasteiger partial charge in [-0.3, -0.25) is 9.59 Å². The summed E-state index contributed by atoms with van der Waals surface area (Å²) in [5.41, 5.74) is 2.81. The molecule has 3 rings (SSSR count). The third-order valence-corrected chi connectivity index (χ3v) is 3.89. The second-order valence-electron chi connectivity index (χ2n) is 5.49. The molecule has 1 amide bonds. The van der Waals surface area contributed by atoms with Crippen molar-refractivity contribution < 1.29 is 9.53 Å². The Balaban J connectivity index is 0.000000758. The molecule has 0 saturated carbocycles. The van der Waals surface area contributed by atoms with E-state index in [0.717, 1.165) is 29.5 Å². The molecule has 6 nitrogen and oxygen atoms in total. The van der Waals surface area contributed by atoms with Gasteiger partial charge in [-0.2, -0.15) is 0 Å². The molecule has 2 aromatic rings. The van der Waals surface area contributed by atoms with E-state index >= 15 is 0 Å². The molecule has 26 heavy (non-hydrogen) atoms. The maximum atomic E-state index is 12.0. The van der Waals surface area contributed by atoms with E-state index in [2.05, 4.69) is 20.0 Å². The summed E-state index contributed by atoms with van der Waals surface area (Å²) in [4.78, 5) is 29.4. The highest BCUT2D eigenvalue weighted by molar-refractivity contribution is 6.37. The number of carbonyl (C=O) groups is 1. The van der Waals surface area contributed by atoms with Gasteiger partial charge in [0.1, 0.15) is 5.82 Å². The fourth-order valence-corrected chi connectivity index (χ4v) is 2.78. The highest BCUT2D eigenvalue weighted by atomic mass is 35.5. The molecule has 0 aromatic carbocycles. The van der Waals surface area contributed by atoms with Crippen LogP contribution in [0.3, 0.4) is 0 Å². The number of rotatable bonds is 4. The van der Waals surface area contributed by atoms with Crippen LogP contribution in [0.15, 0.2) is 52.4 Å². The van der Waals surface area contributed by atoms with E-state index < -0.39 is 0 Å². The van der Waals surface area contributed by atoms with E-state index in [4.69, 9.17) is 11.6 Å². The van der Waals surface area contributed by atoms with Crippen molar-refractivity contribution in [3.8, 4) is 11.1 Å². The highest BCUT2D eigenvalue weighted by Crippen LogP contribution is 2.31. The Kier molecular flexibility index (Phi) is 7.32. The van der Waals surface area contributed by atoms with Crippen LogP contribution in [0.4, 0.5) is 5.82 Å². The van der Waals surface area contributed by atoms with Gasteiger partial charge in [0.05, 0.1) is 5.69 Å². The van der Waals surface area contributed by atoms with E-state index in [0.29, 0.717) is 23.0 Å². The summed E-state index contributed by atoms with van der Waals surface area (Å²) >= 11 is 6.25. The van der Waals surface area contributed by atoms with Crippen LogP contribution in [0.25, 0.3) is 16.7 Å². The highest BCUT2D eigenvalue weighted by Gasteiger charge is 2.12. The number of ether oxygens (including phenoxy) is 1. The average molecular weight is 374 g/mol. The zero-order chi connectivity index (χ0) is 18.9. The number of nitrogens with zero attached hydrogens (tertiary/aromatic N) is 1. The van der Waals surface area contributed by atoms with Crippen LogP contribution in [0.5, 0.6) is 0 Å². The molecule has 2 N–H and O–H groups in total. The number of H-pyrrole nitrogens is 1. The molecule has 7 heteroatoms. The Morgan fingerprint density at radius 1 is 1.19 bits per heavy atom. The number of allylic oxidation sites excluding steroid dienone is 4. The molecule has 2 aromatic heterocycles. The molecular formula is C19H20ClN3O3. The smallest absolute Gasteiger partial charge is 0.249 e. The number of pyridine rings is 2. The number of carbonyl (C=O) groups excluding carboxylic acids is 1. The van der Waals surface area contributed by atoms with Gasteiger partial charge in [0.15, 0.2) is 0 Å². The summed E-state index contributed by atoms with van der Waals surface area (Å²) in [6, 6.07) is 6.86. The zero-order valence-corrected chi connectivity index (χ0v) is 15.3. The number of halogens is 1. The van der Waals surface area contributed by atoms with Crippen molar-refractivity contribution in [2.45, 2.75) is 12.8 Å². The molecule has 0 aliphatic heterocycles. The van der Waals surface area contributed by atoms with Crippen molar-refractivity contribution in [1.82, 2.24) is 9.97 Å². The predicted molar refractivity (Wildman–Crippen MR) is 104 cm³/mol. The molecule has 0 atom stereocenters. The molecule has 0 fully saturated rings. The monoisotopic (exact) mass is 373 g/mol. The van der Waals surface area contributed by atoms with Crippen LogP contribution in [0.1, 0.15) is 18.5 Å².